The molecule has 1 unspecified atom stereocenters. The summed E-state index contributed by atoms with van der Waals surface area (Å²) in [4.78, 5) is 19.9. The number of nitrogens with zero attached hydrogens (tertiary/aromatic N) is 4. The summed E-state index contributed by atoms with van der Waals surface area (Å²) < 4.78 is 12.9. The highest BCUT2D eigenvalue weighted by Crippen LogP contribution is 2.29. The topological polar surface area (TPSA) is 79.9 Å². The monoisotopic (exact) mass is 410 g/mol. The molecule has 4 rings (SSSR count). The molecule has 2 aromatic heterocycles. The van der Waals surface area contributed by atoms with Crippen molar-refractivity contribution >= 4 is 16.3 Å². The van der Waals surface area contributed by atoms with Crippen LogP contribution in [-0.4, -0.2) is 41.1 Å². The van der Waals surface area contributed by atoms with E-state index < -0.39 is 0 Å². The minimum atomic E-state index is -0.0314. The van der Waals surface area contributed by atoms with Gasteiger partial charge in [0.15, 0.2) is 16.5 Å². The average Bonchev–Trinajstić information content (AvgIpc) is 3.21. The maximum absolute atomic E-state index is 12.2. The number of hydrogen-bond donors (Lipinski definition) is 0. The van der Waals surface area contributed by atoms with Gasteiger partial charge in [-0.3, -0.25) is 14.1 Å². The number of methoxy groups -OCH3 is 1. The Kier molecular flexibility index (Phi) is 5.79. The fourth-order valence-electron chi connectivity index (χ4n) is 3.69. The van der Waals surface area contributed by atoms with Crippen molar-refractivity contribution in [2.75, 3.05) is 26.8 Å². The molecule has 0 N–H and O–H groups in total. The zero-order valence-electron chi connectivity index (χ0n) is 16.2. The number of aromatic nitrogens is 2. The fraction of sp³-hybridized carbons (Fsp3) is 0.381. The quantitative estimate of drug-likeness (QED) is 0.622. The molecule has 1 aromatic carbocycles. The van der Waals surface area contributed by atoms with Gasteiger partial charge in [0.2, 0.25) is 0 Å². The fourth-order valence-corrected chi connectivity index (χ4v) is 4.43. The van der Waals surface area contributed by atoms with E-state index in [-0.39, 0.29) is 5.56 Å². The lowest BCUT2D eigenvalue weighted by molar-refractivity contribution is 0.122. The highest BCUT2D eigenvalue weighted by Gasteiger charge is 2.22. The van der Waals surface area contributed by atoms with Crippen LogP contribution in [0.3, 0.4) is 0 Å². The van der Waals surface area contributed by atoms with Crippen LogP contribution in [0.5, 0.6) is 11.5 Å². The van der Waals surface area contributed by atoms with Crippen LogP contribution in [0, 0.1) is 17.2 Å². The molecular formula is C21H22N4O3S. The van der Waals surface area contributed by atoms with Crippen LogP contribution in [0.25, 0.3) is 4.96 Å². The Bertz CT molecular complexity index is 1100. The number of likely N-dealkylation sites (tertiary alicyclic amines) is 1. The van der Waals surface area contributed by atoms with Crippen molar-refractivity contribution in [2.24, 2.45) is 5.92 Å². The molecule has 7 nitrogen and oxygen atoms in total. The van der Waals surface area contributed by atoms with Gasteiger partial charge in [-0.2, -0.15) is 5.26 Å². The van der Waals surface area contributed by atoms with Crippen LogP contribution in [0.2, 0.25) is 0 Å². The molecule has 3 aromatic rings. The molecule has 1 aliphatic heterocycles. The lowest BCUT2D eigenvalue weighted by Crippen LogP contribution is -2.37. The zero-order chi connectivity index (χ0) is 20.2. The first-order valence-electron chi connectivity index (χ1n) is 9.55. The summed E-state index contributed by atoms with van der Waals surface area (Å²) in [6.45, 7) is 3.13. The number of ether oxygens (including phenoxy) is 2. The Balaban J connectivity index is 1.38. The van der Waals surface area contributed by atoms with E-state index >= 15 is 0 Å². The largest absolute Gasteiger partial charge is 0.493 e. The number of hydrogen-bond acceptors (Lipinski definition) is 7. The molecule has 0 saturated carbocycles. The van der Waals surface area contributed by atoms with Crippen LogP contribution in [0.1, 0.15) is 24.1 Å². The van der Waals surface area contributed by atoms with Crippen molar-refractivity contribution in [3.63, 3.8) is 0 Å². The molecule has 8 heteroatoms. The Labute approximate surface area is 172 Å². The van der Waals surface area contributed by atoms with Crippen molar-refractivity contribution in [3.05, 3.63) is 57.5 Å². The molecule has 1 saturated heterocycles. The Hall–Kier alpha value is -2.89. The van der Waals surface area contributed by atoms with Gasteiger partial charge in [0.1, 0.15) is 0 Å². The van der Waals surface area contributed by atoms with E-state index in [2.05, 4.69) is 16.0 Å². The molecule has 0 amide bonds. The number of nitriles is 1. The van der Waals surface area contributed by atoms with Gasteiger partial charge < -0.3 is 9.47 Å². The minimum Gasteiger partial charge on any atom is -0.493 e. The van der Waals surface area contributed by atoms with Gasteiger partial charge in [0.25, 0.3) is 5.56 Å². The van der Waals surface area contributed by atoms with Crippen LogP contribution in [0.15, 0.2) is 40.6 Å². The van der Waals surface area contributed by atoms with E-state index in [1.54, 1.807) is 42.0 Å². The molecule has 1 fully saturated rings. The predicted molar refractivity (Wildman–Crippen MR) is 111 cm³/mol. The van der Waals surface area contributed by atoms with Crippen molar-refractivity contribution < 1.29 is 9.47 Å². The summed E-state index contributed by atoms with van der Waals surface area (Å²) in [7, 11) is 1.58. The first-order valence-corrected chi connectivity index (χ1v) is 10.4. The third-order valence-electron chi connectivity index (χ3n) is 5.11. The lowest BCUT2D eigenvalue weighted by atomic mass is 9.99. The highest BCUT2D eigenvalue weighted by atomic mass is 32.1. The molecular weight excluding hydrogens is 388 g/mol. The second-order valence-electron chi connectivity index (χ2n) is 7.17. The number of benzene rings is 1. The SMILES string of the molecule is COc1cc(C#N)ccc1OCC1CCCN(Cc2cc(=O)n3ccsc3n2)C1. The van der Waals surface area contributed by atoms with E-state index in [9.17, 15) is 4.79 Å². The van der Waals surface area contributed by atoms with E-state index in [0.29, 0.717) is 36.1 Å². The van der Waals surface area contributed by atoms with Crippen molar-refractivity contribution in [1.29, 1.82) is 5.26 Å². The summed E-state index contributed by atoms with van der Waals surface area (Å²) in [6.07, 6.45) is 3.93. The molecule has 150 valence electrons. The number of thiazole rings is 1. The van der Waals surface area contributed by atoms with Crippen LogP contribution < -0.4 is 15.0 Å². The van der Waals surface area contributed by atoms with Crippen molar-refractivity contribution in [3.8, 4) is 17.6 Å². The summed E-state index contributed by atoms with van der Waals surface area (Å²) in [6, 6.07) is 8.94. The van der Waals surface area contributed by atoms with Gasteiger partial charge in [0.05, 0.1) is 31.0 Å². The number of fused-ring (bicyclic) bond motifs is 1. The standard InChI is InChI=1S/C21H22N4O3S/c1-27-19-9-15(11-22)4-5-18(19)28-14-16-3-2-6-24(12-16)13-17-10-20(26)25-7-8-29-21(25)23-17/h4-5,7-10,16H,2-3,6,12-14H2,1H3. The summed E-state index contributed by atoms with van der Waals surface area (Å²) >= 11 is 1.47. The van der Waals surface area contributed by atoms with Crippen LogP contribution in [-0.2, 0) is 6.54 Å². The van der Waals surface area contributed by atoms with Gasteiger partial charge >= 0.3 is 0 Å². The molecule has 0 bridgehead atoms. The summed E-state index contributed by atoms with van der Waals surface area (Å²) in [5, 5.41) is 10.9. The average molecular weight is 410 g/mol. The first-order chi connectivity index (χ1) is 14.2. The normalized spacial score (nSPS) is 17.2. The summed E-state index contributed by atoms with van der Waals surface area (Å²) in [5.41, 5.74) is 1.33. The third-order valence-corrected chi connectivity index (χ3v) is 5.87. The van der Waals surface area contributed by atoms with Gasteiger partial charge in [0, 0.05) is 42.7 Å². The first kappa shape index (κ1) is 19.4. The summed E-state index contributed by atoms with van der Waals surface area (Å²) in [5.74, 6) is 1.61. The van der Waals surface area contributed by atoms with Gasteiger partial charge in [-0.15, -0.1) is 11.3 Å². The predicted octanol–water partition coefficient (Wildman–Crippen LogP) is 2.93. The molecule has 1 atom stereocenters. The van der Waals surface area contributed by atoms with Gasteiger partial charge in [-0.05, 0) is 31.5 Å². The lowest BCUT2D eigenvalue weighted by Gasteiger charge is -2.32. The van der Waals surface area contributed by atoms with E-state index in [1.165, 1.54) is 11.3 Å². The molecule has 3 heterocycles. The maximum Gasteiger partial charge on any atom is 0.258 e. The second kappa shape index (κ2) is 8.64. The van der Waals surface area contributed by atoms with Gasteiger partial charge in [-0.25, -0.2) is 4.98 Å². The Morgan fingerprint density at radius 2 is 2.24 bits per heavy atom. The molecule has 29 heavy (non-hydrogen) atoms. The Morgan fingerprint density at radius 1 is 1.34 bits per heavy atom. The van der Waals surface area contributed by atoms with Gasteiger partial charge in [-0.1, -0.05) is 0 Å². The zero-order valence-corrected chi connectivity index (χ0v) is 17.0. The highest BCUT2D eigenvalue weighted by molar-refractivity contribution is 7.15. The molecule has 1 aliphatic rings. The maximum atomic E-state index is 12.2. The third kappa shape index (κ3) is 4.42. The minimum absolute atomic E-state index is 0.0314. The second-order valence-corrected chi connectivity index (χ2v) is 8.05. The van der Waals surface area contributed by atoms with Crippen LogP contribution in [0.4, 0.5) is 0 Å². The van der Waals surface area contributed by atoms with Crippen molar-refractivity contribution in [2.45, 2.75) is 19.4 Å². The number of piperidine rings is 1. The van der Waals surface area contributed by atoms with Crippen LogP contribution >= 0.6 is 11.3 Å². The van der Waals surface area contributed by atoms with E-state index in [1.807, 2.05) is 5.38 Å². The molecule has 0 spiro atoms. The number of rotatable bonds is 6. The van der Waals surface area contributed by atoms with Crippen molar-refractivity contribution in [1.82, 2.24) is 14.3 Å². The molecule has 0 radical (unpaired) electrons. The Morgan fingerprint density at radius 3 is 3.07 bits per heavy atom. The molecule has 0 aliphatic carbocycles. The van der Waals surface area contributed by atoms with E-state index in [0.717, 1.165) is 36.6 Å². The smallest absolute Gasteiger partial charge is 0.258 e. The van der Waals surface area contributed by atoms with E-state index in [4.69, 9.17) is 14.7 Å².